The molecule has 2 amide bonds. The molecule has 0 fully saturated rings. The fraction of sp³-hybridized carbons (Fsp3) is 0.200. The fourth-order valence-corrected chi connectivity index (χ4v) is 2.66. The first kappa shape index (κ1) is 21.7. The SMILES string of the molecule is [C-]#[N+]c1ccc(N[C@@H](C(=O)NNC(=O)c2ccc(C#N)cc2)[C@@H](C)O)c(C)c1Cl. The second-order valence-corrected chi connectivity index (χ2v) is 6.56. The van der Waals surface area contributed by atoms with E-state index >= 15 is 0 Å². The molecule has 2 rings (SSSR count). The molecule has 0 aromatic heterocycles. The summed E-state index contributed by atoms with van der Waals surface area (Å²) in [6, 6.07) is 9.82. The standard InChI is InChI=1S/C20H18ClN5O3/c1-11-15(8-9-16(23-3)17(11)21)24-18(12(2)27)20(29)26-25-19(28)14-6-4-13(10-22)5-7-14/h4-9,12,18,24,27H,1-2H3,(H,25,28)(H,26,29)/t12-,18-/m1/s1. The van der Waals surface area contributed by atoms with E-state index in [2.05, 4.69) is 21.0 Å². The number of carbonyl (C=O) groups excluding carboxylic acids is 2. The number of benzene rings is 2. The van der Waals surface area contributed by atoms with Gasteiger partial charge in [-0.25, -0.2) is 4.85 Å². The highest BCUT2D eigenvalue weighted by Crippen LogP contribution is 2.33. The lowest BCUT2D eigenvalue weighted by Crippen LogP contribution is -2.52. The molecule has 0 saturated carbocycles. The molecule has 2 aromatic rings. The molecule has 0 aliphatic rings. The van der Waals surface area contributed by atoms with Gasteiger partial charge in [0.1, 0.15) is 6.04 Å². The van der Waals surface area contributed by atoms with E-state index in [1.54, 1.807) is 13.0 Å². The summed E-state index contributed by atoms with van der Waals surface area (Å²) >= 11 is 6.14. The zero-order valence-corrected chi connectivity index (χ0v) is 16.4. The van der Waals surface area contributed by atoms with Gasteiger partial charge in [0.05, 0.1) is 29.3 Å². The predicted octanol–water partition coefficient (Wildman–Crippen LogP) is 2.69. The Morgan fingerprint density at radius 2 is 1.86 bits per heavy atom. The lowest BCUT2D eigenvalue weighted by Gasteiger charge is -2.23. The second-order valence-electron chi connectivity index (χ2n) is 6.18. The van der Waals surface area contributed by atoms with Crippen LogP contribution in [-0.2, 0) is 4.79 Å². The zero-order chi connectivity index (χ0) is 21.6. The van der Waals surface area contributed by atoms with Crippen molar-refractivity contribution >= 4 is 34.8 Å². The van der Waals surface area contributed by atoms with Gasteiger partial charge in [0.2, 0.25) is 5.69 Å². The maximum atomic E-state index is 12.5. The molecule has 8 nitrogen and oxygen atoms in total. The third kappa shape index (κ3) is 5.23. The summed E-state index contributed by atoms with van der Waals surface area (Å²) < 4.78 is 0. The van der Waals surface area contributed by atoms with E-state index in [4.69, 9.17) is 23.4 Å². The Morgan fingerprint density at radius 3 is 2.41 bits per heavy atom. The number of anilines is 1. The van der Waals surface area contributed by atoms with Crippen molar-refractivity contribution in [3.63, 3.8) is 0 Å². The van der Waals surface area contributed by atoms with Crippen LogP contribution in [-0.4, -0.2) is 29.1 Å². The highest BCUT2D eigenvalue weighted by Gasteiger charge is 2.25. The number of aliphatic hydroxyl groups excluding tert-OH is 1. The van der Waals surface area contributed by atoms with Gasteiger partial charge in [0.15, 0.2) is 0 Å². The van der Waals surface area contributed by atoms with E-state index in [0.29, 0.717) is 16.8 Å². The molecule has 0 bridgehead atoms. The van der Waals surface area contributed by atoms with Gasteiger partial charge in [0, 0.05) is 11.3 Å². The Morgan fingerprint density at radius 1 is 1.21 bits per heavy atom. The molecule has 0 unspecified atom stereocenters. The summed E-state index contributed by atoms with van der Waals surface area (Å²) in [6.07, 6.45) is -1.10. The van der Waals surface area contributed by atoms with Crippen LogP contribution in [0.5, 0.6) is 0 Å². The molecule has 2 atom stereocenters. The molecule has 0 spiro atoms. The lowest BCUT2D eigenvalue weighted by atomic mass is 10.1. The molecular weight excluding hydrogens is 394 g/mol. The van der Waals surface area contributed by atoms with Crippen molar-refractivity contribution < 1.29 is 14.7 Å². The molecule has 29 heavy (non-hydrogen) atoms. The highest BCUT2D eigenvalue weighted by atomic mass is 35.5. The van der Waals surface area contributed by atoms with E-state index in [1.165, 1.54) is 37.3 Å². The van der Waals surface area contributed by atoms with E-state index in [-0.39, 0.29) is 16.3 Å². The summed E-state index contributed by atoms with van der Waals surface area (Å²) in [5.74, 6) is -1.25. The second kappa shape index (κ2) is 9.56. The quantitative estimate of drug-likeness (QED) is 0.445. The van der Waals surface area contributed by atoms with Gasteiger partial charge in [-0.3, -0.25) is 20.4 Å². The van der Waals surface area contributed by atoms with Crippen molar-refractivity contribution in [1.29, 1.82) is 5.26 Å². The molecule has 0 heterocycles. The van der Waals surface area contributed by atoms with Gasteiger partial charge in [-0.1, -0.05) is 17.7 Å². The first-order valence-electron chi connectivity index (χ1n) is 8.50. The predicted molar refractivity (Wildman–Crippen MR) is 108 cm³/mol. The number of amides is 2. The van der Waals surface area contributed by atoms with Crippen LogP contribution in [0.15, 0.2) is 36.4 Å². The van der Waals surface area contributed by atoms with Gasteiger partial charge < -0.3 is 10.4 Å². The van der Waals surface area contributed by atoms with Gasteiger partial charge in [-0.2, -0.15) is 5.26 Å². The van der Waals surface area contributed by atoms with Gasteiger partial charge in [-0.15, -0.1) is 0 Å². The number of halogens is 1. The van der Waals surface area contributed by atoms with Crippen LogP contribution in [0.25, 0.3) is 4.85 Å². The largest absolute Gasteiger partial charge is 0.391 e. The van der Waals surface area contributed by atoms with Crippen LogP contribution in [0, 0.1) is 24.8 Å². The molecule has 4 N–H and O–H groups in total. The van der Waals surface area contributed by atoms with Crippen molar-refractivity contribution in [2.75, 3.05) is 5.32 Å². The van der Waals surface area contributed by atoms with Gasteiger partial charge >= 0.3 is 0 Å². The Balaban J connectivity index is 2.08. The molecule has 148 valence electrons. The van der Waals surface area contributed by atoms with E-state index < -0.39 is 24.0 Å². The van der Waals surface area contributed by atoms with Crippen LogP contribution in [0.2, 0.25) is 5.02 Å². The Bertz CT molecular complexity index is 1010. The minimum Gasteiger partial charge on any atom is -0.391 e. The minimum absolute atomic E-state index is 0.253. The number of hydrogen-bond donors (Lipinski definition) is 4. The topological polar surface area (TPSA) is 119 Å². The average molecular weight is 412 g/mol. The highest BCUT2D eigenvalue weighted by molar-refractivity contribution is 6.34. The van der Waals surface area contributed by atoms with Crippen molar-refractivity contribution in [2.45, 2.75) is 26.0 Å². The van der Waals surface area contributed by atoms with Gasteiger partial charge in [0.25, 0.3) is 11.8 Å². The number of nitriles is 1. The third-order valence-corrected chi connectivity index (χ3v) is 4.61. The first-order chi connectivity index (χ1) is 13.8. The molecule has 2 aromatic carbocycles. The van der Waals surface area contributed by atoms with Crippen molar-refractivity contribution in [3.05, 3.63) is 69.5 Å². The fourth-order valence-electron chi connectivity index (χ4n) is 2.45. The van der Waals surface area contributed by atoms with Gasteiger partial charge in [-0.05, 0) is 49.7 Å². The number of carbonyl (C=O) groups is 2. The van der Waals surface area contributed by atoms with Crippen LogP contribution in [0.4, 0.5) is 11.4 Å². The Hall–Kier alpha value is -3.59. The summed E-state index contributed by atoms with van der Waals surface area (Å²) in [4.78, 5) is 27.9. The van der Waals surface area contributed by atoms with Crippen molar-refractivity contribution in [1.82, 2.24) is 10.9 Å². The zero-order valence-electron chi connectivity index (χ0n) is 15.7. The average Bonchev–Trinajstić information content (AvgIpc) is 2.72. The third-order valence-electron chi connectivity index (χ3n) is 4.14. The first-order valence-corrected chi connectivity index (χ1v) is 8.87. The minimum atomic E-state index is -1.10. The Labute approximate surface area is 172 Å². The molecule has 0 aliphatic carbocycles. The Kier molecular flexibility index (Phi) is 7.15. The number of hydrazine groups is 1. The van der Waals surface area contributed by atoms with E-state index in [1.807, 2.05) is 6.07 Å². The molecular formula is C20H18ClN5O3. The van der Waals surface area contributed by atoms with E-state index in [9.17, 15) is 14.7 Å². The molecule has 0 radical (unpaired) electrons. The smallest absolute Gasteiger partial charge is 0.269 e. The summed E-state index contributed by atoms with van der Waals surface area (Å²) in [5.41, 5.74) is 6.49. The summed E-state index contributed by atoms with van der Waals surface area (Å²) in [7, 11) is 0. The number of rotatable bonds is 5. The van der Waals surface area contributed by atoms with Crippen molar-refractivity contribution in [3.8, 4) is 6.07 Å². The summed E-state index contributed by atoms with van der Waals surface area (Å²) in [6.45, 7) is 10.2. The normalized spacial score (nSPS) is 12.1. The summed E-state index contributed by atoms with van der Waals surface area (Å²) in [5, 5.41) is 21.9. The van der Waals surface area contributed by atoms with Crippen LogP contribution in [0.1, 0.15) is 28.4 Å². The molecule has 9 heteroatoms. The monoisotopic (exact) mass is 411 g/mol. The van der Waals surface area contributed by atoms with E-state index in [0.717, 1.165) is 0 Å². The maximum Gasteiger partial charge on any atom is 0.269 e. The lowest BCUT2D eigenvalue weighted by molar-refractivity contribution is -0.124. The number of aliphatic hydroxyl groups is 1. The van der Waals surface area contributed by atoms with Crippen LogP contribution in [0.3, 0.4) is 0 Å². The number of hydrogen-bond acceptors (Lipinski definition) is 5. The molecule has 0 saturated heterocycles. The van der Waals surface area contributed by atoms with Crippen LogP contribution < -0.4 is 16.2 Å². The number of nitrogens with zero attached hydrogens (tertiary/aromatic N) is 2. The number of nitrogens with one attached hydrogen (secondary N) is 3. The van der Waals surface area contributed by atoms with Crippen LogP contribution >= 0.6 is 11.6 Å². The van der Waals surface area contributed by atoms with Crippen molar-refractivity contribution in [2.24, 2.45) is 0 Å². The maximum absolute atomic E-state index is 12.5. The molecule has 0 aliphatic heterocycles.